The highest BCUT2D eigenvalue weighted by atomic mass is 127. The molecule has 1 amide bonds. The van der Waals surface area contributed by atoms with Crippen molar-refractivity contribution in [2.75, 3.05) is 26.7 Å². The monoisotopic (exact) mass is 553 g/mol. The summed E-state index contributed by atoms with van der Waals surface area (Å²) in [5.74, 6) is 1.39. The Hall–Kier alpha value is -2.07. The van der Waals surface area contributed by atoms with Crippen LogP contribution in [0.2, 0.25) is 0 Å². The molecule has 8 heteroatoms. The molecule has 176 valence electrons. The van der Waals surface area contributed by atoms with Gasteiger partial charge in [0.15, 0.2) is 5.96 Å². The van der Waals surface area contributed by atoms with Crippen LogP contribution in [-0.2, 0) is 13.1 Å². The highest BCUT2D eigenvalue weighted by Crippen LogP contribution is 2.16. The van der Waals surface area contributed by atoms with E-state index >= 15 is 0 Å². The smallest absolute Gasteiger partial charge is 0.251 e. The largest absolute Gasteiger partial charge is 0.467 e. The van der Waals surface area contributed by atoms with Gasteiger partial charge in [0.05, 0.1) is 12.8 Å². The fraction of sp³-hybridized carbons (Fsp3) is 0.500. The van der Waals surface area contributed by atoms with Crippen molar-refractivity contribution >= 4 is 35.8 Å². The zero-order valence-corrected chi connectivity index (χ0v) is 21.4. The summed E-state index contributed by atoms with van der Waals surface area (Å²) < 4.78 is 5.25. The summed E-state index contributed by atoms with van der Waals surface area (Å²) in [5, 5.41) is 9.60. The van der Waals surface area contributed by atoms with E-state index in [9.17, 15) is 4.79 Å². The molecule has 0 spiro atoms. The minimum Gasteiger partial charge on any atom is -0.467 e. The lowest BCUT2D eigenvalue weighted by Gasteiger charge is -2.33. The molecule has 1 aromatic heterocycles. The van der Waals surface area contributed by atoms with Crippen LogP contribution < -0.4 is 16.0 Å². The first kappa shape index (κ1) is 26.2. The van der Waals surface area contributed by atoms with E-state index in [1.54, 1.807) is 13.3 Å². The third-order valence-corrected chi connectivity index (χ3v) is 5.73. The number of benzene rings is 1. The van der Waals surface area contributed by atoms with Gasteiger partial charge in [-0.1, -0.05) is 18.6 Å². The maximum atomic E-state index is 12.4. The summed E-state index contributed by atoms with van der Waals surface area (Å²) in [7, 11) is 1.78. The van der Waals surface area contributed by atoms with E-state index in [1.807, 2.05) is 36.4 Å². The zero-order chi connectivity index (χ0) is 21.9. The van der Waals surface area contributed by atoms with Crippen molar-refractivity contribution in [2.24, 2.45) is 4.99 Å². The minimum atomic E-state index is -0.118. The molecule has 3 rings (SSSR count). The number of carbonyl (C=O) groups is 1. The summed E-state index contributed by atoms with van der Waals surface area (Å²) in [6, 6.07) is 12.0. The second kappa shape index (κ2) is 14.2. The van der Waals surface area contributed by atoms with Crippen molar-refractivity contribution < 1.29 is 9.21 Å². The summed E-state index contributed by atoms with van der Waals surface area (Å²) in [5.41, 5.74) is 1.65. The van der Waals surface area contributed by atoms with Crippen molar-refractivity contribution in [3.8, 4) is 0 Å². The molecule has 1 fully saturated rings. The van der Waals surface area contributed by atoms with Crippen LogP contribution in [0, 0.1) is 0 Å². The van der Waals surface area contributed by atoms with Crippen LogP contribution in [0.3, 0.4) is 0 Å². The number of halogens is 1. The summed E-state index contributed by atoms with van der Waals surface area (Å²) in [4.78, 5) is 19.3. The van der Waals surface area contributed by atoms with Gasteiger partial charge in [-0.3, -0.25) is 9.79 Å². The quantitative estimate of drug-likeness (QED) is 0.191. The SMILES string of the molecule is CN=C(NCCCN1CCCCC1C)NCc1cccc(C(=O)NCc2ccco2)c1.I. The van der Waals surface area contributed by atoms with E-state index in [-0.39, 0.29) is 29.9 Å². The molecule has 0 bridgehead atoms. The second-order valence-electron chi connectivity index (χ2n) is 8.05. The highest BCUT2D eigenvalue weighted by molar-refractivity contribution is 14.0. The maximum absolute atomic E-state index is 12.4. The fourth-order valence-electron chi connectivity index (χ4n) is 3.89. The Balaban J connectivity index is 0.00000363. The van der Waals surface area contributed by atoms with E-state index in [1.165, 1.54) is 25.8 Å². The molecule has 1 aliphatic heterocycles. The van der Waals surface area contributed by atoms with Gasteiger partial charge in [0.1, 0.15) is 5.76 Å². The topological polar surface area (TPSA) is 81.9 Å². The number of piperidine rings is 1. The molecule has 1 unspecified atom stereocenters. The standard InChI is InChI=1S/C24H35N5O2.HI/c1-19-8-3-4-13-29(19)14-7-12-26-24(25-2)28-17-20-9-5-10-21(16-20)23(30)27-18-22-11-6-15-31-22;/h5-6,9-11,15-16,19H,3-4,7-8,12-14,17-18H2,1-2H3,(H,27,30)(H2,25,26,28);1H. The molecular weight excluding hydrogens is 517 g/mol. The molecule has 0 saturated carbocycles. The Bertz CT molecular complexity index is 841. The zero-order valence-electron chi connectivity index (χ0n) is 19.1. The molecule has 2 aromatic rings. The number of amides is 1. The van der Waals surface area contributed by atoms with Gasteiger partial charge in [0, 0.05) is 38.3 Å². The van der Waals surface area contributed by atoms with Gasteiger partial charge >= 0.3 is 0 Å². The van der Waals surface area contributed by atoms with Gasteiger partial charge in [-0.15, -0.1) is 24.0 Å². The third kappa shape index (κ3) is 8.46. The predicted molar refractivity (Wildman–Crippen MR) is 139 cm³/mol. The van der Waals surface area contributed by atoms with Gasteiger partial charge in [0.25, 0.3) is 5.91 Å². The lowest BCUT2D eigenvalue weighted by atomic mass is 10.0. The van der Waals surface area contributed by atoms with Gasteiger partial charge in [-0.05, 0) is 62.6 Å². The lowest BCUT2D eigenvalue weighted by molar-refractivity contribution is 0.0948. The van der Waals surface area contributed by atoms with Crippen LogP contribution >= 0.6 is 24.0 Å². The Morgan fingerprint density at radius 2 is 2.03 bits per heavy atom. The molecule has 1 aromatic carbocycles. The van der Waals surface area contributed by atoms with E-state index in [0.717, 1.165) is 36.8 Å². The van der Waals surface area contributed by atoms with Crippen LogP contribution in [0.1, 0.15) is 54.3 Å². The van der Waals surface area contributed by atoms with Crippen molar-refractivity contribution in [3.63, 3.8) is 0 Å². The molecule has 32 heavy (non-hydrogen) atoms. The molecule has 1 saturated heterocycles. The average molecular weight is 553 g/mol. The lowest BCUT2D eigenvalue weighted by Crippen LogP contribution is -2.41. The first-order chi connectivity index (χ1) is 15.2. The van der Waals surface area contributed by atoms with Gasteiger partial charge in [-0.2, -0.15) is 0 Å². The summed E-state index contributed by atoms with van der Waals surface area (Å²) in [6.45, 7) is 6.54. The van der Waals surface area contributed by atoms with Crippen molar-refractivity contribution in [2.45, 2.75) is 51.7 Å². The van der Waals surface area contributed by atoms with Crippen molar-refractivity contribution in [1.82, 2.24) is 20.9 Å². The molecule has 1 atom stereocenters. The number of nitrogens with one attached hydrogen (secondary N) is 3. The molecule has 0 radical (unpaired) electrons. The normalized spacial score (nSPS) is 16.8. The first-order valence-corrected chi connectivity index (χ1v) is 11.2. The molecule has 3 N–H and O–H groups in total. The van der Waals surface area contributed by atoms with E-state index < -0.39 is 0 Å². The number of hydrogen-bond donors (Lipinski definition) is 3. The van der Waals surface area contributed by atoms with Crippen LogP contribution in [0.25, 0.3) is 0 Å². The van der Waals surface area contributed by atoms with Crippen LogP contribution in [0.5, 0.6) is 0 Å². The van der Waals surface area contributed by atoms with Gasteiger partial charge in [-0.25, -0.2) is 0 Å². The van der Waals surface area contributed by atoms with E-state index in [4.69, 9.17) is 4.42 Å². The van der Waals surface area contributed by atoms with Crippen molar-refractivity contribution in [1.29, 1.82) is 0 Å². The summed E-state index contributed by atoms with van der Waals surface area (Å²) >= 11 is 0. The number of furan rings is 1. The molecule has 1 aliphatic rings. The fourth-order valence-corrected chi connectivity index (χ4v) is 3.89. The number of nitrogens with zero attached hydrogens (tertiary/aromatic N) is 2. The van der Waals surface area contributed by atoms with Crippen molar-refractivity contribution in [3.05, 3.63) is 59.5 Å². The van der Waals surface area contributed by atoms with Crippen LogP contribution in [-0.4, -0.2) is 49.5 Å². The van der Waals surface area contributed by atoms with E-state index in [0.29, 0.717) is 24.7 Å². The molecule has 7 nitrogen and oxygen atoms in total. The Morgan fingerprint density at radius 3 is 2.78 bits per heavy atom. The Labute approximate surface area is 208 Å². The number of carbonyl (C=O) groups excluding carboxylic acids is 1. The molecule has 0 aliphatic carbocycles. The Kier molecular flexibility index (Phi) is 11.6. The first-order valence-electron chi connectivity index (χ1n) is 11.2. The number of aliphatic imine (C=N–C) groups is 1. The molecular formula is C24H36IN5O2. The number of likely N-dealkylation sites (tertiary alicyclic amines) is 1. The highest BCUT2D eigenvalue weighted by Gasteiger charge is 2.17. The summed E-state index contributed by atoms with van der Waals surface area (Å²) in [6.07, 6.45) is 6.69. The number of rotatable bonds is 9. The Morgan fingerprint density at radius 1 is 1.16 bits per heavy atom. The third-order valence-electron chi connectivity index (χ3n) is 5.73. The van der Waals surface area contributed by atoms with Gasteiger partial charge in [0.2, 0.25) is 0 Å². The van der Waals surface area contributed by atoms with Gasteiger partial charge < -0.3 is 25.3 Å². The average Bonchev–Trinajstić information content (AvgIpc) is 3.32. The van der Waals surface area contributed by atoms with Crippen LogP contribution in [0.15, 0.2) is 52.1 Å². The van der Waals surface area contributed by atoms with Crippen LogP contribution in [0.4, 0.5) is 0 Å². The maximum Gasteiger partial charge on any atom is 0.251 e. The minimum absolute atomic E-state index is 0. The number of guanidine groups is 1. The van der Waals surface area contributed by atoms with E-state index in [2.05, 4.69) is 32.8 Å². The predicted octanol–water partition coefficient (Wildman–Crippen LogP) is 3.76. The molecule has 2 heterocycles. The number of hydrogen-bond acceptors (Lipinski definition) is 4. The second-order valence-corrected chi connectivity index (χ2v) is 8.05.